The lowest BCUT2D eigenvalue weighted by molar-refractivity contribution is -0.383. The highest BCUT2D eigenvalue weighted by Crippen LogP contribution is 2.54. The summed E-state index contributed by atoms with van der Waals surface area (Å²) in [6.07, 6.45) is 0.159. The summed E-state index contributed by atoms with van der Waals surface area (Å²) in [5, 5.41) is 28.2. The molecule has 0 spiro atoms. The van der Waals surface area contributed by atoms with Gasteiger partial charge in [-0.1, -0.05) is 12.1 Å². The number of fused-ring (bicyclic) bond motifs is 1. The van der Waals surface area contributed by atoms with Gasteiger partial charge in [-0.3, -0.25) is 19.3 Å². The maximum absolute atomic E-state index is 14.6. The zero-order valence-electron chi connectivity index (χ0n) is 17.8. The average Bonchev–Trinajstić information content (AvgIpc) is 3.11. The first-order valence-corrected chi connectivity index (χ1v) is 11.6. The van der Waals surface area contributed by atoms with E-state index in [-0.39, 0.29) is 36.0 Å². The average molecular weight is 467 g/mol. The molecule has 0 fully saturated rings. The summed E-state index contributed by atoms with van der Waals surface area (Å²) in [6.45, 7) is 1.89. The molecule has 1 aromatic heterocycles. The molecule has 0 saturated carbocycles. The SMILES string of the molecule is Cc1nn(CCC#N)c2c1[P@@](=O)(Nc1ccccc1[N+](=O)[O-])N(C)C(c1ccc(F)cc1)=N2. The van der Waals surface area contributed by atoms with E-state index in [2.05, 4.69) is 15.2 Å². The first kappa shape index (κ1) is 22.2. The fourth-order valence-corrected chi connectivity index (χ4v) is 6.09. The van der Waals surface area contributed by atoms with Gasteiger partial charge < -0.3 is 5.09 Å². The largest absolute Gasteiger partial charge is 0.311 e. The molecule has 1 aliphatic heterocycles. The van der Waals surface area contributed by atoms with Crippen molar-refractivity contribution in [2.24, 2.45) is 4.99 Å². The maximum Gasteiger partial charge on any atom is 0.296 e. The Morgan fingerprint density at radius 2 is 1.94 bits per heavy atom. The van der Waals surface area contributed by atoms with Crippen LogP contribution in [0.4, 0.5) is 21.6 Å². The molecule has 168 valence electrons. The third kappa shape index (κ3) is 3.85. The molecular formula is C21H19FN7O3P. The molecule has 2 aromatic carbocycles. The number of para-hydroxylation sites is 2. The lowest BCUT2D eigenvalue weighted by Crippen LogP contribution is -2.36. The summed E-state index contributed by atoms with van der Waals surface area (Å²) in [6, 6.07) is 13.5. The highest BCUT2D eigenvalue weighted by atomic mass is 31.2. The minimum absolute atomic E-state index is 0.0770. The lowest BCUT2D eigenvalue weighted by Gasteiger charge is -2.35. The van der Waals surface area contributed by atoms with Crippen LogP contribution < -0.4 is 10.4 Å². The van der Waals surface area contributed by atoms with Gasteiger partial charge in [-0.25, -0.2) is 14.1 Å². The van der Waals surface area contributed by atoms with Gasteiger partial charge in [0.2, 0.25) is 0 Å². The summed E-state index contributed by atoms with van der Waals surface area (Å²) in [7, 11) is -2.22. The molecule has 33 heavy (non-hydrogen) atoms. The predicted molar refractivity (Wildman–Crippen MR) is 122 cm³/mol. The maximum atomic E-state index is 14.6. The normalized spacial score (nSPS) is 17.2. The molecule has 12 heteroatoms. The number of aliphatic imine (C=N–C) groups is 1. The van der Waals surface area contributed by atoms with E-state index in [0.29, 0.717) is 16.6 Å². The minimum atomic E-state index is -3.78. The van der Waals surface area contributed by atoms with Crippen molar-refractivity contribution in [3.05, 3.63) is 75.7 Å². The van der Waals surface area contributed by atoms with Crippen LogP contribution in [0.15, 0.2) is 53.5 Å². The van der Waals surface area contributed by atoms with Gasteiger partial charge in [0.15, 0.2) is 5.82 Å². The second-order valence-electron chi connectivity index (χ2n) is 7.32. The molecule has 2 heterocycles. The Kier molecular flexibility index (Phi) is 5.70. The number of aryl methyl sites for hydroxylation is 2. The molecule has 1 aliphatic rings. The first-order valence-electron chi connectivity index (χ1n) is 9.91. The van der Waals surface area contributed by atoms with E-state index in [9.17, 15) is 19.1 Å². The Bertz CT molecular complexity index is 1360. The Balaban J connectivity index is 1.93. The number of anilines is 1. The van der Waals surface area contributed by atoms with Crippen LogP contribution >= 0.6 is 7.44 Å². The fourth-order valence-electron chi connectivity index (χ4n) is 3.67. The van der Waals surface area contributed by atoms with Crippen LogP contribution in [0.25, 0.3) is 0 Å². The Hall–Kier alpha value is -4.03. The van der Waals surface area contributed by atoms with E-state index in [1.807, 2.05) is 6.07 Å². The van der Waals surface area contributed by atoms with E-state index in [1.54, 1.807) is 20.0 Å². The number of hydrogen-bond donors (Lipinski definition) is 1. The van der Waals surface area contributed by atoms with Gasteiger partial charge in [0.05, 0.1) is 29.7 Å². The lowest BCUT2D eigenvalue weighted by atomic mass is 10.2. The minimum Gasteiger partial charge on any atom is -0.311 e. The Morgan fingerprint density at radius 1 is 1.24 bits per heavy atom. The van der Waals surface area contributed by atoms with Crippen LogP contribution in [0, 0.1) is 34.2 Å². The van der Waals surface area contributed by atoms with Crippen LogP contribution in [-0.4, -0.2) is 32.3 Å². The number of amidine groups is 1. The van der Waals surface area contributed by atoms with E-state index in [1.165, 1.54) is 51.8 Å². The molecule has 4 rings (SSSR count). The number of benzene rings is 2. The smallest absolute Gasteiger partial charge is 0.296 e. The highest BCUT2D eigenvalue weighted by molar-refractivity contribution is 7.72. The number of nitrogens with one attached hydrogen (secondary N) is 1. The van der Waals surface area contributed by atoms with E-state index in [4.69, 9.17) is 5.26 Å². The second-order valence-corrected chi connectivity index (χ2v) is 9.74. The highest BCUT2D eigenvalue weighted by Gasteiger charge is 2.43. The van der Waals surface area contributed by atoms with Gasteiger partial charge in [-0.15, -0.1) is 0 Å². The number of rotatable bonds is 6. The number of aromatic nitrogens is 2. The molecule has 0 unspecified atom stereocenters. The molecule has 10 nitrogen and oxygen atoms in total. The fraction of sp³-hybridized carbons (Fsp3) is 0.190. The number of nitriles is 1. The Labute approximate surface area is 188 Å². The topological polar surface area (TPSA) is 129 Å². The molecule has 0 aliphatic carbocycles. The molecular weight excluding hydrogens is 448 g/mol. The molecule has 1 N–H and O–H groups in total. The van der Waals surface area contributed by atoms with Gasteiger partial charge in [0.1, 0.15) is 22.6 Å². The van der Waals surface area contributed by atoms with Crippen LogP contribution in [0.1, 0.15) is 17.7 Å². The van der Waals surface area contributed by atoms with Crippen LogP contribution in [0.2, 0.25) is 0 Å². The predicted octanol–water partition coefficient (Wildman–Crippen LogP) is 4.11. The zero-order chi connectivity index (χ0) is 23.8. The van der Waals surface area contributed by atoms with E-state index in [0.717, 1.165) is 0 Å². The number of nitro groups is 1. The number of nitro benzene ring substituents is 1. The van der Waals surface area contributed by atoms with Crippen LogP contribution in [-0.2, 0) is 11.1 Å². The molecule has 0 radical (unpaired) electrons. The quantitative estimate of drug-likeness (QED) is 0.328. The third-order valence-corrected chi connectivity index (χ3v) is 7.93. The van der Waals surface area contributed by atoms with Gasteiger partial charge in [-0.2, -0.15) is 10.4 Å². The summed E-state index contributed by atoms with van der Waals surface area (Å²) in [4.78, 5) is 15.7. The second kappa shape index (κ2) is 8.48. The number of halogens is 1. The Morgan fingerprint density at radius 3 is 2.61 bits per heavy atom. The summed E-state index contributed by atoms with van der Waals surface area (Å²) < 4.78 is 31.1. The molecule has 0 saturated heterocycles. The standard InChI is InChI=1S/C21H19FN7O3P/c1-14-19-21(28(25-14)13-5-12-23)24-20(15-8-10-16(22)11-9-15)27(2)33(19,32)26-17-6-3-4-7-18(17)29(30)31/h3-4,6-11H,5,13H2,1-2H3,(H,26,32)/t33-/m1/s1. The number of nitrogens with zero attached hydrogens (tertiary/aromatic N) is 6. The van der Waals surface area contributed by atoms with Gasteiger partial charge in [0, 0.05) is 18.7 Å². The van der Waals surface area contributed by atoms with Crippen molar-refractivity contribution in [1.82, 2.24) is 14.5 Å². The van der Waals surface area contributed by atoms with Crippen molar-refractivity contribution < 1.29 is 13.9 Å². The molecule has 0 bridgehead atoms. The monoisotopic (exact) mass is 467 g/mol. The van der Waals surface area contributed by atoms with Crippen molar-refractivity contribution in [3.63, 3.8) is 0 Å². The van der Waals surface area contributed by atoms with E-state index < -0.39 is 18.2 Å². The van der Waals surface area contributed by atoms with Crippen molar-refractivity contribution in [2.45, 2.75) is 19.9 Å². The van der Waals surface area contributed by atoms with Gasteiger partial charge in [-0.05, 0) is 37.3 Å². The molecule has 0 amide bonds. The number of hydrogen-bond acceptors (Lipinski definition) is 6. The third-order valence-electron chi connectivity index (χ3n) is 5.22. The van der Waals surface area contributed by atoms with E-state index >= 15 is 0 Å². The first-order chi connectivity index (χ1) is 15.8. The van der Waals surface area contributed by atoms with Crippen LogP contribution in [0.3, 0.4) is 0 Å². The summed E-state index contributed by atoms with van der Waals surface area (Å²) in [5.41, 5.74) is 0.766. The summed E-state index contributed by atoms with van der Waals surface area (Å²) >= 11 is 0. The van der Waals surface area contributed by atoms with Crippen molar-refractivity contribution >= 4 is 35.8 Å². The van der Waals surface area contributed by atoms with Crippen molar-refractivity contribution in [2.75, 3.05) is 12.1 Å². The van der Waals surface area contributed by atoms with Crippen molar-refractivity contribution in [3.8, 4) is 6.07 Å². The van der Waals surface area contributed by atoms with Gasteiger partial charge in [0.25, 0.3) is 13.1 Å². The molecule has 3 aromatic rings. The van der Waals surface area contributed by atoms with Crippen molar-refractivity contribution in [1.29, 1.82) is 5.26 Å². The zero-order valence-corrected chi connectivity index (χ0v) is 18.7. The van der Waals surface area contributed by atoms with Gasteiger partial charge >= 0.3 is 0 Å². The molecule has 1 atom stereocenters. The summed E-state index contributed by atoms with van der Waals surface area (Å²) in [5.74, 6) is 0.124. The van der Waals surface area contributed by atoms with Crippen LogP contribution in [0.5, 0.6) is 0 Å².